The van der Waals surface area contributed by atoms with E-state index >= 15 is 0 Å². The third-order valence-corrected chi connectivity index (χ3v) is 2.76. The van der Waals surface area contributed by atoms with Crippen LogP contribution in [-0.2, 0) is 0 Å². The van der Waals surface area contributed by atoms with Crippen LogP contribution in [0, 0.1) is 10.1 Å². The average molecular weight is 308 g/mol. The van der Waals surface area contributed by atoms with Crippen LogP contribution in [0.3, 0.4) is 0 Å². The molecule has 2 aromatic rings. The summed E-state index contributed by atoms with van der Waals surface area (Å²) in [6, 6.07) is 9.13. The minimum atomic E-state index is -0.659. The number of carbonyl (C=O) groups is 1. The maximum atomic E-state index is 11.8. The van der Waals surface area contributed by atoms with Crippen molar-refractivity contribution >= 4 is 34.7 Å². The van der Waals surface area contributed by atoms with Crippen LogP contribution in [0.5, 0.6) is 5.75 Å². The zero-order valence-electron chi connectivity index (χ0n) is 10.5. The van der Waals surface area contributed by atoms with Crippen molar-refractivity contribution in [3.8, 4) is 5.75 Å². The molecule has 0 aliphatic rings. The Balaban J connectivity index is 2.12. The number of urea groups is 1. The van der Waals surface area contributed by atoms with E-state index < -0.39 is 11.0 Å². The van der Waals surface area contributed by atoms with Crippen LogP contribution < -0.4 is 10.6 Å². The number of hydrogen-bond acceptors (Lipinski definition) is 4. The summed E-state index contributed by atoms with van der Waals surface area (Å²) in [6.07, 6.45) is 0. The van der Waals surface area contributed by atoms with E-state index in [1.165, 1.54) is 6.07 Å². The number of benzene rings is 2. The molecule has 2 aromatic carbocycles. The molecule has 2 amide bonds. The first-order valence-corrected chi connectivity index (χ1v) is 6.14. The van der Waals surface area contributed by atoms with E-state index in [1.807, 2.05) is 0 Å². The number of phenolic OH excluding ortho intramolecular Hbond substituents is 1. The van der Waals surface area contributed by atoms with Gasteiger partial charge in [-0.1, -0.05) is 17.7 Å². The maximum Gasteiger partial charge on any atom is 0.323 e. The molecule has 0 aliphatic heterocycles. The SMILES string of the molecule is O=C(Nc1cccc(Cl)c1)Nc1cc([N+](=O)[O-])ccc1O. The highest BCUT2D eigenvalue weighted by Crippen LogP contribution is 2.28. The Morgan fingerprint density at radius 3 is 2.62 bits per heavy atom. The summed E-state index contributed by atoms with van der Waals surface area (Å²) in [6.45, 7) is 0. The van der Waals surface area contributed by atoms with Crippen molar-refractivity contribution in [1.82, 2.24) is 0 Å². The molecule has 0 saturated heterocycles. The van der Waals surface area contributed by atoms with E-state index in [4.69, 9.17) is 11.6 Å². The summed E-state index contributed by atoms with van der Waals surface area (Å²) in [4.78, 5) is 21.8. The first-order chi connectivity index (χ1) is 9.95. The van der Waals surface area contributed by atoms with Crippen molar-refractivity contribution in [2.24, 2.45) is 0 Å². The smallest absolute Gasteiger partial charge is 0.323 e. The molecule has 0 heterocycles. The van der Waals surface area contributed by atoms with Gasteiger partial charge in [-0.3, -0.25) is 10.1 Å². The second-order valence-electron chi connectivity index (χ2n) is 4.05. The first kappa shape index (κ1) is 14.6. The lowest BCUT2D eigenvalue weighted by Gasteiger charge is -2.09. The van der Waals surface area contributed by atoms with Gasteiger partial charge in [0.25, 0.3) is 5.69 Å². The largest absolute Gasteiger partial charge is 0.506 e. The van der Waals surface area contributed by atoms with Gasteiger partial charge in [-0.05, 0) is 24.3 Å². The molecular formula is C13H10ClN3O4. The summed E-state index contributed by atoms with van der Waals surface area (Å²) >= 11 is 5.78. The van der Waals surface area contributed by atoms with Crippen molar-refractivity contribution < 1.29 is 14.8 Å². The Morgan fingerprint density at radius 1 is 1.19 bits per heavy atom. The molecule has 0 radical (unpaired) electrons. The number of aromatic hydroxyl groups is 1. The average Bonchev–Trinajstić information content (AvgIpc) is 2.41. The van der Waals surface area contributed by atoms with Gasteiger partial charge in [0.1, 0.15) is 5.75 Å². The summed E-state index contributed by atoms with van der Waals surface area (Å²) in [5.41, 5.74) is 0.138. The predicted molar refractivity (Wildman–Crippen MR) is 78.9 cm³/mol. The second kappa shape index (κ2) is 6.10. The number of rotatable bonds is 3. The molecule has 0 fully saturated rings. The number of halogens is 1. The van der Waals surface area contributed by atoms with E-state index in [0.717, 1.165) is 18.2 Å². The molecule has 0 atom stereocenters. The monoisotopic (exact) mass is 307 g/mol. The van der Waals surface area contributed by atoms with Crippen LogP contribution in [-0.4, -0.2) is 16.1 Å². The van der Waals surface area contributed by atoms with Gasteiger partial charge >= 0.3 is 6.03 Å². The minimum Gasteiger partial charge on any atom is -0.506 e. The fourth-order valence-corrected chi connectivity index (χ4v) is 1.78. The number of hydrogen-bond donors (Lipinski definition) is 3. The normalized spacial score (nSPS) is 9.95. The molecule has 0 aliphatic carbocycles. The topological polar surface area (TPSA) is 104 Å². The van der Waals surface area contributed by atoms with Crippen molar-refractivity contribution in [2.45, 2.75) is 0 Å². The number of nitro groups is 1. The fourth-order valence-electron chi connectivity index (χ4n) is 1.59. The third kappa shape index (κ3) is 3.83. The highest BCUT2D eigenvalue weighted by molar-refractivity contribution is 6.30. The van der Waals surface area contributed by atoms with Gasteiger partial charge in [0.2, 0.25) is 0 Å². The number of anilines is 2. The molecular weight excluding hydrogens is 298 g/mol. The lowest BCUT2D eigenvalue weighted by Crippen LogP contribution is -2.19. The molecule has 0 spiro atoms. The second-order valence-corrected chi connectivity index (χ2v) is 4.48. The number of nitro benzene ring substituents is 1. The van der Waals surface area contributed by atoms with Crippen molar-refractivity contribution in [2.75, 3.05) is 10.6 Å². The van der Waals surface area contributed by atoms with Gasteiger partial charge in [-0.15, -0.1) is 0 Å². The summed E-state index contributed by atoms with van der Waals surface area (Å²) in [5, 5.41) is 25.5. The number of amides is 2. The summed E-state index contributed by atoms with van der Waals surface area (Å²) < 4.78 is 0. The Labute approximate surface area is 124 Å². The number of non-ortho nitro benzene ring substituents is 1. The number of carbonyl (C=O) groups excluding carboxylic acids is 1. The standard InChI is InChI=1S/C13H10ClN3O4/c14-8-2-1-3-9(6-8)15-13(19)16-11-7-10(17(20)21)4-5-12(11)18/h1-7,18H,(H2,15,16,19). The Hall–Kier alpha value is -2.80. The molecule has 0 saturated carbocycles. The lowest BCUT2D eigenvalue weighted by molar-refractivity contribution is -0.384. The van der Waals surface area contributed by atoms with E-state index in [2.05, 4.69) is 10.6 Å². The van der Waals surface area contributed by atoms with Crippen molar-refractivity contribution in [3.05, 3.63) is 57.6 Å². The third-order valence-electron chi connectivity index (χ3n) is 2.52. The van der Waals surface area contributed by atoms with Crippen molar-refractivity contribution in [3.63, 3.8) is 0 Å². The minimum absolute atomic E-state index is 0.0660. The molecule has 2 rings (SSSR count). The van der Waals surface area contributed by atoms with Gasteiger partial charge in [0.15, 0.2) is 0 Å². The lowest BCUT2D eigenvalue weighted by atomic mass is 10.2. The summed E-state index contributed by atoms with van der Waals surface area (Å²) in [7, 11) is 0. The Bertz CT molecular complexity index is 706. The quantitative estimate of drug-likeness (QED) is 0.457. The summed E-state index contributed by atoms with van der Waals surface area (Å²) in [5.74, 6) is -0.276. The first-order valence-electron chi connectivity index (χ1n) is 5.76. The molecule has 108 valence electrons. The Morgan fingerprint density at radius 2 is 1.95 bits per heavy atom. The molecule has 7 nitrogen and oxygen atoms in total. The van der Waals surface area contributed by atoms with Crippen LogP contribution >= 0.6 is 11.6 Å². The van der Waals surface area contributed by atoms with E-state index in [0.29, 0.717) is 10.7 Å². The van der Waals surface area contributed by atoms with E-state index in [9.17, 15) is 20.0 Å². The van der Waals surface area contributed by atoms with Gasteiger partial charge in [-0.25, -0.2) is 4.79 Å². The molecule has 0 bridgehead atoms. The molecule has 0 aromatic heterocycles. The molecule has 0 unspecified atom stereocenters. The van der Waals surface area contributed by atoms with Crippen LogP contribution in [0.15, 0.2) is 42.5 Å². The van der Waals surface area contributed by atoms with E-state index in [1.54, 1.807) is 18.2 Å². The predicted octanol–water partition coefficient (Wildman–Crippen LogP) is 3.60. The van der Waals surface area contributed by atoms with Crippen LogP contribution in [0.25, 0.3) is 0 Å². The molecule has 3 N–H and O–H groups in total. The number of phenols is 1. The van der Waals surface area contributed by atoms with Crippen LogP contribution in [0.2, 0.25) is 5.02 Å². The van der Waals surface area contributed by atoms with Crippen LogP contribution in [0.1, 0.15) is 0 Å². The van der Waals surface area contributed by atoms with Crippen molar-refractivity contribution in [1.29, 1.82) is 0 Å². The molecule has 8 heteroatoms. The highest BCUT2D eigenvalue weighted by atomic mass is 35.5. The highest BCUT2D eigenvalue weighted by Gasteiger charge is 2.12. The maximum absolute atomic E-state index is 11.8. The van der Waals surface area contributed by atoms with Gasteiger partial charge in [0, 0.05) is 22.8 Å². The zero-order valence-corrected chi connectivity index (χ0v) is 11.3. The van der Waals surface area contributed by atoms with Gasteiger partial charge in [0.05, 0.1) is 10.6 Å². The Kier molecular flexibility index (Phi) is 4.24. The van der Waals surface area contributed by atoms with Gasteiger partial charge < -0.3 is 15.7 Å². The number of nitrogens with zero attached hydrogens (tertiary/aromatic N) is 1. The van der Waals surface area contributed by atoms with Crippen LogP contribution in [0.4, 0.5) is 21.9 Å². The van der Waals surface area contributed by atoms with E-state index in [-0.39, 0.29) is 17.1 Å². The zero-order chi connectivity index (χ0) is 15.4. The fraction of sp³-hybridized carbons (Fsp3) is 0. The number of nitrogens with one attached hydrogen (secondary N) is 2. The molecule has 21 heavy (non-hydrogen) atoms. The van der Waals surface area contributed by atoms with Gasteiger partial charge in [-0.2, -0.15) is 0 Å².